The van der Waals surface area contributed by atoms with E-state index in [0.717, 1.165) is 19.3 Å². The highest BCUT2D eigenvalue weighted by molar-refractivity contribution is 5.74. The lowest BCUT2D eigenvalue weighted by molar-refractivity contribution is 0.0592. The van der Waals surface area contributed by atoms with Gasteiger partial charge in [0.2, 0.25) is 0 Å². The highest BCUT2D eigenvalue weighted by Gasteiger charge is 2.24. The fraction of sp³-hybridized carbons (Fsp3) is 0.438. The number of hydrogen-bond donors (Lipinski definition) is 3. The molecule has 3 N–H and O–H groups in total. The molecule has 0 spiro atoms. The highest BCUT2D eigenvalue weighted by Crippen LogP contribution is 2.19. The number of halogens is 1. The largest absolute Gasteiger partial charge is 0.384 e. The van der Waals surface area contributed by atoms with E-state index in [0.29, 0.717) is 5.56 Å². The third kappa shape index (κ3) is 4.56. The standard InChI is InChI=1S/C16H21FN2O2/c1-16(21,12-7-9-13(17)10-8-12)11-18-15(20)19-14-5-3-2-4-6-14/h3,5,7-10,14,21H,2,4,6,11H2,1H3,(H2,18,19,20). The van der Waals surface area contributed by atoms with Crippen LogP contribution >= 0.6 is 0 Å². The van der Waals surface area contributed by atoms with Gasteiger partial charge >= 0.3 is 6.03 Å². The van der Waals surface area contributed by atoms with Crippen molar-refractivity contribution in [3.8, 4) is 0 Å². The second kappa shape index (κ2) is 6.72. The van der Waals surface area contributed by atoms with E-state index in [4.69, 9.17) is 0 Å². The molecule has 0 radical (unpaired) electrons. The third-order valence-corrected chi connectivity index (χ3v) is 3.63. The number of urea groups is 1. The molecule has 2 rings (SSSR count). The number of carbonyl (C=O) groups excluding carboxylic acids is 1. The minimum absolute atomic E-state index is 0.0505. The van der Waals surface area contributed by atoms with Crippen molar-refractivity contribution in [3.63, 3.8) is 0 Å². The van der Waals surface area contributed by atoms with Gasteiger partial charge in [-0.05, 0) is 43.9 Å². The summed E-state index contributed by atoms with van der Waals surface area (Å²) >= 11 is 0. The first-order valence-electron chi connectivity index (χ1n) is 7.17. The molecule has 0 aliphatic heterocycles. The summed E-state index contributed by atoms with van der Waals surface area (Å²) in [7, 11) is 0. The van der Waals surface area contributed by atoms with E-state index >= 15 is 0 Å². The van der Waals surface area contributed by atoms with E-state index in [2.05, 4.69) is 16.7 Å². The van der Waals surface area contributed by atoms with Gasteiger partial charge in [-0.1, -0.05) is 24.3 Å². The molecule has 0 bridgehead atoms. The van der Waals surface area contributed by atoms with Gasteiger partial charge in [0, 0.05) is 6.04 Å². The number of rotatable bonds is 4. The lowest BCUT2D eigenvalue weighted by atomic mass is 9.96. The van der Waals surface area contributed by atoms with Crippen LogP contribution < -0.4 is 10.6 Å². The zero-order valence-corrected chi connectivity index (χ0v) is 12.1. The number of hydrogen-bond acceptors (Lipinski definition) is 2. The van der Waals surface area contributed by atoms with Crippen LogP contribution in [0.5, 0.6) is 0 Å². The Morgan fingerprint density at radius 1 is 1.43 bits per heavy atom. The molecule has 21 heavy (non-hydrogen) atoms. The predicted molar refractivity (Wildman–Crippen MR) is 79.3 cm³/mol. The number of nitrogens with one attached hydrogen (secondary N) is 2. The smallest absolute Gasteiger partial charge is 0.315 e. The van der Waals surface area contributed by atoms with Crippen molar-refractivity contribution in [1.82, 2.24) is 10.6 Å². The van der Waals surface area contributed by atoms with Crippen LogP contribution in [0.4, 0.5) is 9.18 Å². The van der Waals surface area contributed by atoms with Crippen molar-refractivity contribution in [1.29, 1.82) is 0 Å². The van der Waals surface area contributed by atoms with Crippen LogP contribution in [0, 0.1) is 5.82 Å². The van der Waals surface area contributed by atoms with Gasteiger partial charge in [0.15, 0.2) is 0 Å². The first-order chi connectivity index (χ1) is 9.97. The van der Waals surface area contributed by atoms with E-state index in [1.165, 1.54) is 24.3 Å². The first-order valence-corrected chi connectivity index (χ1v) is 7.17. The second-order valence-corrected chi connectivity index (χ2v) is 5.57. The van der Waals surface area contributed by atoms with E-state index in [1.54, 1.807) is 6.92 Å². The zero-order chi connectivity index (χ0) is 15.3. The maximum Gasteiger partial charge on any atom is 0.315 e. The normalized spacial score (nSPS) is 20.6. The third-order valence-electron chi connectivity index (χ3n) is 3.63. The summed E-state index contributed by atoms with van der Waals surface area (Å²) in [5, 5.41) is 15.9. The average Bonchev–Trinajstić information content (AvgIpc) is 2.47. The minimum Gasteiger partial charge on any atom is -0.384 e. The summed E-state index contributed by atoms with van der Waals surface area (Å²) in [5.41, 5.74) is -0.685. The fourth-order valence-electron chi connectivity index (χ4n) is 2.32. The van der Waals surface area contributed by atoms with Crippen molar-refractivity contribution in [2.24, 2.45) is 0 Å². The van der Waals surface area contributed by atoms with Gasteiger partial charge in [-0.3, -0.25) is 0 Å². The Labute approximate surface area is 124 Å². The number of benzene rings is 1. The SMILES string of the molecule is CC(O)(CNC(=O)NC1C=CCCC1)c1ccc(F)cc1. The van der Waals surface area contributed by atoms with Gasteiger partial charge < -0.3 is 15.7 Å². The van der Waals surface area contributed by atoms with Crippen LogP contribution in [0.2, 0.25) is 0 Å². The second-order valence-electron chi connectivity index (χ2n) is 5.57. The van der Waals surface area contributed by atoms with Crippen LogP contribution in [-0.2, 0) is 5.60 Å². The van der Waals surface area contributed by atoms with E-state index in [-0.39, 0.29) is 24.4 Å². The molecule has 0 aromatic heterocycles. The monoisotopic (exact) mass is 292 g/mol. The Hall–Kier alpha value is -1.88. The van der Waals surface area contributed by atoms with Crippen molar-refractivity contribution in [2.45, 2.75) is 37.8 Å². The molecule has 1 aliphatic rings. The average molecular weight is 292 g/mol. The van der Waals surface area contributed by atoms with Gasteiger partial charge in [-0.25, -0.2) is 9.18 Å². The molecule has 0 heterocycles. The van der Waals surface area contributed by atoms with Gasteiger partial charge in [0.05, 0.1) is 6.54 Å². The Morgan fingerprint density at radius 2 is 2.14 bits per heavy atom. The summed E-state index contributed by atoms with van der Waals surface area (Å²) in [6.45, 7) is 1.64. The highest BCUT2D eigenvalue weighted by atomic mass is 19.1. The molecule has 2 amide bonds. The Bertz CT molecular complexity index is 512. The van der Waals surface area contributed by atoms with Crippen molar-refractivity contribution >= 4 is 6.03 Å². The molecule has 2 atom stereocenters. The molecular weight excluding hydrogens is 271 g/mol. The van der Waals surface area contributed by atoms with E-state index < -0.39 is 5.60 Å². The summed E-state index contributed by atoms with van der Waals surface area (Å²) < 4.78 is 12.9. The summed E-state index contributed by atoms with van der Waals surface area (Å²) in [6, 6.07) is 5.34. The maximum atomic E-state index is 12.9. The van der Waals surface area contributed by atoms with Gasteiger partial charge in [-0.2, -0.15) is 0 Å². The van der Waals surface area contributed by atoms with Gasteiger partial charge in [-0.15, -0.1) is 0 Å². The van der Waals surface area contributed by atoms with Gasteiger partial charge in [0.25, 0.3) is 0 Å². The molecule has 1 aliphatic carbocycles. The van der Waals surface area contributed by atoms with E-state index in [9.17, 15) is 14.3 Å². The topological polar surface area (TPSA) is 61.4 Å². The van der Waals surface area contributed by atoms with Crippen molar-refractivity contribution in [2.75, 3.05) is 6.54 Å². The number of aliphatic hydroxyl groups is 1. The molecule has 1 aromatic carbocycles. The quantitative estimate of drug-likeness (QED) is 0.746. The first kappa shape index (κ1) is 15.5. The molecule has 0 saturated heterocycles. The lowest BCUT2D eigenvalue weighted by Crippen LogP contribution is -2.46. The Morgan fingerprint density at radius 3 is 2.76 bits per heavy atom. The zero-order valence-electron chi connectivity index (χ0n) is 12.1. The van der Waals surface area contributed by atoms with Crippen LogP contribution in [0.3, 0.4) is 0 Å². The Kier molecular flexibility index (Phi) is 4.96. The van der Waals surface area contributed by atoms with Crippen LogP contribution in [-0.4, -0.2) is 23.7 Å². The summed E-state index contributed by atoms with van der Waals surface area (Å²) in [6.07, 6.45) is 7.09. The lowest BCUT2D eigenvalue weighted by Gasteiger charge is -2.25. The summed E-state index contributed by atoms with van der Waals surface area (Å²) in [5.74, 6) is -0.357. The maximum absolute atomic E-state index is 12.9. The van der Waals surface area contributed by atoms with E-state index in [1.807, 2.05) is 6.08 Å². The Balaban J connectivity index is 1.85. The van der Waals surface area contributed by atoms with Crippen LogP contribution in [0.15, 0.2) is 36.4 Å². The van der Waals surface area contributed by atoms with Crippen molar-refractivity contribution in [3.05, 3.63) is 47.8 Å². The van der Waals surface area contributed by atoms with Crippen LogP contribution in [0.1, 0.15) is 31.7 Å². The minimum atomic E-state index is -1.24. The number of allylic oxidation sites excluding steroid dienone is 1. The molecule has 1 aromatic rings. The fourth-order valence-corrected chi connectivity index (χ4v) is 2.32. The van der Waals surface area contributed by atoms with Crippen molar-refractivity contribution < 1.29 is 14.3 Å². The molecule has 0 fully saturated rings. The molecular formula is C16H21FN2O2. The molecule has 114 valence electrons. The van der Waals surface area contributed by atoms with Crippen LogP contribution in [0.25, 0.3) is 0 Å². The molecule has 4 nitrogen and oxygen atoms in total. The number of amides is 2. The molecule has 5 heteroatoms. The number of carbonyl (C=O) groups is 1. The van der Waals surface area contributed by atoms with Gasteiger partial charge in [0.1, 0.15) is 11.4 Å². The molecule has 0 saturated carbocycles. The molecule has 2 unspecified atom stereocenters. The predicted octanol–water partition coefficient (Wildman–Crippen LogP) is 2.44. The summed E-state index contributed by atoms with van der Waals surface area (Å²) in [4.78, 5) is 11.8.